The van der Waals surface area contributed by atoms with Gasteiger partial charge in [-0.2, -0.15) is 0 Å². The fraction of sp³-hybridized carbons (Fsp3) is 0.583. The lowest BCUT2D eigenvalue weighted by molar-refractivity contribution is 0.000520. The van der Waals surface area contributed by atoms with Crippen LogP contribution >= 0.6 is 11.3 Å². The van der Waals surface area contributed by atoms with Crippen LogP contribution in [0, 0.1) is 0 Å². The van der Waals surface area contributed by atoms with E-state index >= 15 is 0 Å². The lowest BCUT2D eigenvalue weighted by Gasteiger charge is -2.33. The van der Waals surface area contributed by atoms with E-state index in [-0.39, 0.29) is 11.9 Å². The molecule has 1 aromatic heterocycles. The Hall–Kier alpha value is -0.870. The Morgan fingerprint density at radius 3 is 2.94 bits per heavy atom. The molecule has 1 saturated heterocycles. The van der Waals surface area contributed by atoms with Gasteiger partial charge < -0.3 is 10.0 Å². The summed E-state index contributed by atoms with van der Waals surface area (Å²) in [7, 11) is 0. The predicted molar refractivity (Wildman–Crippen MR) is 64.7 cm³/mol. The van der Waals surface area contributed by atoms with Crippen LogP contribution in [0.1, 0.15) is 36.4 Å². The number of carbonyl (C=O) groups excluding carboxylic acids is 1. The van der Waals surface area contributed by atoms with E-state index in [1.807, 2.05) is 22.4 Å². The van der Waals surface area contributed by atoms with Gasteiger partial charge in [0.1, 0.15) is 0 Å². The number of rotatable bonds is 2. The molecule has 1 fully saturated rings. The van der Waals surface area contributed by atoms with Crippen LogP contribution in [0.4, 0.5) is 0 Å². The molecule has 3 nitrogen and oxygen atoms in total. The topological polar surface area (TPSA) is 40.5 Å². The first-order valence-electron chi connectivity index (χ1n) is 5.57. The van der Waals surface area contributed by atoms with Gasteiger partial charge in [-0.05, 0) is 38.1 Å². The highest BCUT2D eigenvalue weighted by Gasteiger charge is 2.38. The molecular weight excluding hydrogens is 222 g/mol. The van der Waals surface area contributed by atoms with Crippen LogP contribution in [0.5, 0.6) is 0 Å². The fourth-order valence-electron chi connectivity index (χ4n) is 2.29. The van der Waals surface area contributed by atoms with Crippen LogP contribution in [-0.2, 0) is 0 Å². The van der Waals surface area contributed by atoms with Crippen LogP contribution in [0.15, 0.2) is 17.5 Å². The number of nitrogens with zero attached hydrogens (tertiary/aromatic N) is 1. The largest absolute Gasteiger partial charge is 0.388 e. The van der Waals surface area contributed by atoms with Crippen molar-refractivity contribution in [3.63, 3.8) is 0 Å². The van der Waals surface area contributed by atoms with Crippen LogP contribution < -0.4 is 0 Å². The molecule has 0 aromatic carbocycles. The maximum absolute atomic E-state index is 12.2. The molecule has 2 heterocycles. The molecule has 1 N–H and O–H groups in total. The van der Waals surface area contributed by atoms with Gasteiger partial charge in [-0.3, -0.25) is 4.79 Å². The number of hydrogen-bond acceptors (Lipinski definition) is 3. The number of likely N-dealkylation sites (tertiary alicyclic amines) is 1. The highest BCUT2D eigenvalue weighted by atomic mass is 32.1. The van der Waals surface area contributed by atoms with Gasteiger partial charge in [0, 0.05) is 6.54 Å². The van der Waals surface area contributed by atoms with Crippen molar-refractivity contribution in [2.24, 2.45) is 0 Å². The Morgan fingerprint density at radius 1 is 1.62 bits per heavy atom. The second kappa shape index (κ2) is 4.18. The van der Waals surface area contributed by atoms with Gasteiger partial charge in [-0.1, -0.05) is 6.07 Å². The molecule has 1 atom stereocenters. The first-order valence-corrected chi connectivity index (χ1v) is 6.45. The predicted octanol–water partition coefficient (Wildman–Crippen LogP) is 2.12. The summed E-state index contributed by atoms with van der Waals surface area (Å²) in [6.07, 6.45) is 1.87. The Kier molecular flexibility index (Phi) is 3.04. The molecule has 1 unspecified atom stereocenters. The molecule has 1 aromatic rings. The lowest BCUT2D eigenvalue weighted by Crippen LogP contribution is -2.48. The van der Waals surface area contributed by atoms with E-state index in [9.17, 15) is 9.90 Å². The van der Waals surface area contributed by atoms with Crippen molar-refractivity contribution in [3.05, 3.63) is 22.4 Å². The average molecular weight is 239 g/mol. The Morgan fingerprint density at radius 2 is 2.38 bits per heavy atom. The summed E-state index contributed by atoms with van der Waals surface area (Å²) in [5.41, 5.74) is -0.816. The van der Waals surface area contributed by atoms with Crippen LogP contribution in [0.2, 0.25) is 0 Å². The number of thiophene rings is 1. The second-order valence-electron chi connectivity index (χ2n) is 4.79. The molecule has 4 heteroatoms. The van der Waals surface area contributed by atoms with E-state index in [2.05, 4.69) is 0 Å². The smallest absolute Gasteiger partial charge is 0.264 e. The molecule has 16 heavy (non-hydrogen) atoms. The van der Waals surface area contributed by atoms with Gasteiger partial charge in [0.25, 0.3) is 5.91 Å². The zero-order chi connectivity index (χ0) is 11.8. The molecule has 2 rings (SSSR count). The van der Waals surface area contributed by atoms with Gasteiger partial charge >= 0.3 is 0 Å². The Labute approximate surface area is 99.7 Å². The zero-order valence-corrected chi connectivity index (χ0v) is 10.5. The van der Waals surface area contributed by atoms with E-state index in [1.165, 1.54) is 11.3 Å². The van der Waals surface area contributed by atoms with E-state index in [1.54, 1.807) is 13.8 Å². The third-order valence-corrected chi connectivity index (χ3v) is 3.92. The standard InChI is InChI=1S/C12H17NO2S/c1-12(2,15)10-6-3-7-13(10)11(14)9-5-4-8-16-9/h4-5,8,10,15H,3,6-7H2,1-2H3. The van der Waals surface area contributed by atoms with E-state index < -0.39 is 5.60 Å². The number of aliphatic hydroxyl groups is 1. The summed E-state index contributed by atoms with van der Waals surface area (Å²) in [6, 6.07) is 3.67. The minimum Gasteiger partial charge on any atom is -0.388 e. The van der Waals surface area contributed by atoms with Crippen molar-refractivity contribution >= 4 is 17.2 Å². The first kappa shape index (κ1) is 11.6. The van der Waals surface area contributed by atoms with Gasteiger partial charge in [-0.15, -0.1) is 11.3 Å². The molecule has 0 bridgehead atoms. The molecule has 1 aliphatic rings. The summed E-state index contributed by atoms with van der Waals surface area (Å²) < 4.78 is 0. The van der Waals surface area contributed by atoms with Crippen LogP contribution in [0.25, 0.3) is 0 Å². The molecule has 0 spiro atoms. The Bertz CT molecular complexity index is 367. The van der Waals surface area contributed by atoms with Crippen molar-refractivity contribution in [1.82, 2.24) is 4.90 Å². The summed E-state index contributed by atoms with van der Waals surface area (Å²) in [6.45, 7) is 4.31. The van der Waals surface area contributed by atoms with Crippen molar-refractivity contribution in [2.75, 3.05) is 6.54 Å². The third kappa shape index (κ3) is 2.13. The third-order valence-electron chi connectivity index (χ3n) is 3.06. The number of hydrogen-bond donors (Lipinski definition) is 1. The quantitative estimate of drug-likeness (QED) is 0.859. The van der Waals surface area contributed by atoms with Crippen LogP contribution in [-0.4, -0.2) is 34.1 Å². The van der Waals surface area contributed by atoms with Crippen molar-refractivity contribution in [3.8, 4) is 0 Å². The molecule has 88 valence electrons. The summed E-state index contributed by atoms with van der Waals surface area (Å²) in [5.74, 6) is 0.0552. The second-order valence-corrected chi connectivity index (χ2v) is 5.74. The minimum absolute atomic E-state index is 0.0536. The molecule has 1 aliphatic heterocycles. The van der Waals surface area contributed by atoms with E-state index in [0.29, 0.717) is 0 Å². The normalized spacial score (nSPS) is 21.4. The van der Waals surface area contributed by atoms with Gasteiger partial charge in [0.2, 0.25) is 0 Å². The zero-order valence-electron chi connectivity index (χ0n) is 9.64. The highest BCUT2D eigenvalue weighted by Crippen LogP contribution is 2.28. The highest BCUT2D eigenvalue weighted by molar-refractivity contribution is 7.12. The van der Waals surface area contributed by atoms with Crippen molar-refractivity contribution < 1.29 is 9.90 Å². The first-order chi connectivity index (χ1) is 7.50. The molecule has 0 aliphatic carbocycles. The molecule has 0 radical (unpaired) electrons. The number of amides is 1. The Balaban J connectivity index is 2.18. The molecular formula is C12H17NO2S. The summed E-state index contributed by atoms with van der Waals surface area (Å²) >= 11 is 1.46. The average Bonchev–Trinajstić information content (AvgIpc) is 2.87. The van der Waals surface area contributed by atoms with Crippen molar-refractivity contribution in [1.29, 1.82) is 0 Å². The lowest BCUT2D eigenvalue weighted by atomic mass is 9.96. The van der Waals surface area contributed by atoms with Gasteiger partial charge in [0.05, 0.1) is 16.5 Å². The fourth-order valence-corrected chi connectivity index (χ4v) is 2.97. The monoisotopic (exact) mass is 239 g/mol. The molecule has 1 amide bonds. The summed E-state index contributed by atoms with van der Waals surface area (Å²) in [4.78, 5) is 14.8. The van der Waals surface area contributed by atoms with Crippen molar-refractivity contribution in [2.45, 2.75) is 38.3 Å². The van der Waals surface area contributed by atoms with Gasteiger partial charge in [-0.25, -0.2) is 0 Å². The van der Waals surface area contributed by atoms with E-state index in [0.717, 1.165) is 24.3 Å². The minimum atomic E-state index is -0.816. The summed E-state index contributed by atoms with van der Waals surface area (Å²) in [5, 5.41) is 11.9. The number of carbonyl (C=O) groups is 1. The molecule has 0 saturated carbocycles. The SMILES string of the molecule is CC(C)(O)C1CCCN1C(=O)c1cccs1. The maximum Gasteiger partial charge on any atom is 0.264 e. The van der Waals surface area contributed by atoms with Gasteiger partial charge in [0.15, 0.2) is 0 Å². The van der Waals surface area contributed by atoms with E-state index in [4.69, 9.17) is 0 Å². The van der Waals surface area contributed by atoms with Crippen LogP contribution in [0.3, 0.4) is 0 Å². The maximum atomic E-state index is 12.2.